The molecule has 2 aromatic rings. The van der Waals surface area contributed by atoms with Gasteiger partial charge in [-0.3, -0.25) is 4.79 Å². The monoisotopic (exact) mass is 345 g/mol. The zero-order chi connectivity index (χ0) is 17.2. The van der Waals surface area contributed by atoms with Gasteiger partial charge in [-0.15, -0.1) is 11.8 Å². The Labute approximate surface area is 147 Å². The van der Waals surface area contributed by atoms with E-state index in [4.69, 9.17) is 9.47 Å². The fourth-order valence-electron chi connectivity index (χ4n) is 2.12. The summed E-state index contributed by atoms with van der Waals surface area (Å²) in [6, 6.07) is 15.8. The molecule has 1 N–H and O–H groups in total. The van der Waals surface area contributed by atoms with E-state index >= 15 is 0 Å². The first-order valence-corrected chi connectivity index (χ1v) is 8.89. The Morgan fingerprint density at radius 3 is 2.33 bits per heavy atom. The van der Waals surface area contributed by atoms with Crippen molar-refractivity contribution < 1.29 is 14.3 Å². The second-order valence-electron chi connectivity index (χ2n) is 5.22. The molecule has 0 heterocycles. The van der Waals surface area contributed by atoms with E-state index in [-0.39, 0.29) is 5.91 Å². The molecule has 24 heavy (non-hydrogen) atoms. The fraction of sp³-hybridized carbons (Fsp3) is 0.316. The first-order valence-electron chi connectivity index (χ1n) is 7.90. The van der Waals surface area contributed by atoms with E-state index in [0.717, 1.165) is 21.8 Å². The van der Waals surface area contributed by atoms with Gasteiger partial charge in [0.1, 0.15) is 5.75 Å². The van der Waals surface area contributed by atoms with Crippen LogP contribution in [-0.4, -0.2) is 25.4 Å². The molecule has 0 fully saturated rings. The maximum absolute atomic E-state index is 12.0. The van der Waals surface area contributed by atoms with Gasteiger partial charge >= 0.3 is 0 Å². The molecule has 128 valence electrons. The van der Waals surface area contributed by atoms with E-state index in [2.05, 4.69) is 5.32 Å². The van der Waals surface area contributed by atoms with Gasteiger partial charge in [0.2, 0.25) is 5.91 Å². The number of hydrogen-bond donors (Lipinski definition) is 1. The van der Waals surface area contributed by atoms with Gasteiger partial charge in [0.05, 0.1) is 19.0 Å². The molecular formula is C19H23NO3S. The highest BCUT2D eigenvalue weighted by molar-refractivity contribution is 8.00. The Kier molecular flexibility index (Phi) is 7.65. The maximum atomic E-state index is 12.0. The number of benzene rings is 2. The van der Waals surface area contributed by atoms with Crippen LogP contribution in [0.1, 0.15) is 18.1 Å². The van der Waals surface area contributed by atoms with Crippen LogP contribution in [0.3, 0.4) is 0 Å². The molecule has 0 bridgehead atoms. The molecule has 0 spiro atoms. The lowest BCUT2D eigenvalue weighted by molar-refractivity contribution is -0.118. The predicted octanol–water partition coefficient (Wildman–Crippen LogP) is 3.64. The number of thioether (sulfide) groups is 1. The molecule has 2 rings (SSSR count). The maximum Gasteiger partial charge on any atom is 0.230 e. The van der Waals surface area contributed by atoms with Crippen molar-refractivity contribution in [3.8, 4) is 5.75 Å². The minimum absolute atomic E-state index is 0.0230. The Morgan fingerprint density at radius 1 is 1.04 bits per heavy atom. The molecule has 0 atom stereocenters. The van der Waals surface area contributed by atoms with Crippen molar-refractivity contribution in [2.45, 2.75) is 25.0 Å². The van der Waals surface area contributed by atoms with Crippen LogP contribution in [-0.2, 0) is 22.7 Å². The second kappa shape index (κ2) is 10.0. The molecule has 0 radical (unpaired) electrons. The lowest BCUT2D eigenvalue weighted by Crippen LogP contribution is -2.24. The number of rotatable bonds is 9. The molecule has 0 saturated heterocycles. The number of carbonyl (C=O) groups is 1. The quantitative estimate of drug-likeness (QED) is 0.705. The van der Waals surface area contributed by atoms with Crippen molar-refractivity contribution in [3.05, 3.63) is 59.7 Å². The molecule has 2 aromatic carbocycles. The zero-order valence-corrected chi connectivity index (χ0v) is 14.9. The second-order valence-corrected chi connectivity index (χ2v) is 6.27. The summed E-state index contributed by atoms with van der Waals surface area (Å²) < 4.78 is 10.5. The third kappa shape index (κ3) is 6.26. The van der Waals surface area contributed by atoms with E-state index < -0.39 is 0 Å². The van der Waals surface area contributed by atoms with Crippen LogP contribution in [0, 0.1) is 0 Å². The van der Waals surface area contributed by atoms with Gasteiger partial charge < -0.3 is 14.8 Å². The first-order chi connectivity index (χ1) is 11.7. The lowest BCUT2D eigenvalue weighted by Gasteiger charge is -2.07. The number of ether oxygens (including phenoxy) is 2. The minimum Gasteiger partial charge on any atom is -0.494 e. The van der Waals surface area contributed by atoms with E-state index in [1.54, 1.807) is 7.11 Å². The normalized spacial score (nSPS) is 10.4. The number of carbonyl (C=O) groups excluding carboxylic acids is 1. The first kappa shape index (κ1) is 18.4. The van der Waals surface area contributed by atoms with Gasteiger partial charge in [-0.25, -0.2) is 0 Å². The summed E-state index contributed by atoms with van der Waals surface area (Å²) >= 11 is 1.52. The van der Waals surface area contributed by atoms with Crippen LogP contribution in [0.25, 0.3) is 0 Å². The molecule has 0 unspecified atom stereocenters. The average molecular weight is 345 g/mol. The highest BCUT2D eigenvalue weighted by atomic mass is 32.2. The third-order valence-electron chi connectivity index (χ3n) is 3.33. The molecule has 0 aliphatic carbocycles. The van der Waals surface area contributed by atoms with Crippen LogP contribution in [0.5, 0.6) is 5.75 Å². The van der Waals surface area contributed by atoms with Gasteiger partial charge in [0.25, 0.3) is 0 Å². The Bertz CT molecular complexity index is 571. The standard InChI is InChI=1S/C19H23NO3S/c1-3-23-17-8-10-18(11-9-17)24-14-19(21)20-12-15-4-6-16(7-5-15)13-22-2/h4-11H,3,12-14H2,1-2H3,(H,20,21). The molecule has 4 nitrogen and oxygen atoms in total. The highest BCUT2D eigenvalue weighted by Crippen LogP contribution is 2.21. The van der Waals surface area contributed by atoms with E-state index in [1.165, 1.54) is 11.8 Å². The van der Waals surface area contributed by atoms with Gasteiger partial charge in [-0.05, 0) is 42.3 Å². The molecule has 0 aliphatic rings. The van der Waals surface area contributed by atoms with Crippen molar-refractivity contribution in [2.75, 3.05) is 19.5 Å². The predicted molar refractivity (Wildman–Crippen MR) is 97.3 cm³/mol. The number of nitrogens with one attached hydrogen (secondary N) is 1. The van der Waals surface area contributed by atoms with Gasteiger partial charge in [-0.2, -0.15) is 0 Å². The van der Waals surface area contributed by atoms with Crippen molar-refractivity contribution in [1.29, 1.82) is 0 Å². The molecule has 5 heteroatoms. The number of hydrogen-bond acceptors (Lipinski definition) is 4. The van der Waals surface area contributed by atoms with Crippen molar-refractivity contribution in [3.63, 3.8) is 0 Å². The van der Waals surface area contributed by atoms with Crippen LogP contribution >= 0.6 is 11.8 Å². The van der Waals surface area contributed by atoms with Crippen molar-refractivity contribution in [1.82, 2.24) is 5.32 Å². The van der Waals surface area contributed by atoms with Gasteiger partial charge in [0, 0.05) is 18.6 Å². The lowest BCUT2D eigenvalue weighted by atomic mass is 10.1. The topological polar surface area (TPSA) is 47.6 Å². The zero-order valence-electron chi connectivity index (χ0n) is 14.1. The van der Waals surface area contributed by atoms with Crippen LogP contribution in [0.2, 0.25) is 0 Å². The van der Waals surface area contributed by atoms with Crippen LogP contribution in [0.4, 0.5) is 0 Å². The highest BCUT2D eigenvalue weighted by Gasteiger charge is 2.04. The summed E-state index contributed by atoms with van der Waals surface area (Å²) in [5, 5.41) is 2.94. The number of amides is 1. The SMILES string of the molecule is CCOc1ccc(SCC(=O)NCc2ccc(COC)cc2)cc1. The Hall–Kier alpha value is -1.98. The largest absolute Gasteiger partial charge is 0.494 e. The van der Waals surface area contributed by atoms with E-state index in [1.807, 2.05) is 55.5 Å². The summed E-state index contributed by atoms with van der Waals surface area (Å²) in [5.41, 5.74) is 2.20. The van der Waals surface area contributed by atoms with Crippen molar-refractivity contribution in [2.24, 2.45) is 0 Å². The van der Waals surface area contributed by atoms with E-state index in [9.17, 15) is 4.79 Å². The molecular weight excluding hydrogens is 322 g/mol. The smallest absolute Gasteiger partial charge is 0.230 e. The summed E-state index contributed by atoms with van der Waals surface area (Å²) in [4.78, 5) is 13.0. The third-order valence-corrected chi connectivity index (χ3v) is 4.34. The van der Waals surface area contributed by atoms with Crippen LogP contribution in [0.15, 0.2) is 53.4 Å². The summed E-state index contributed by atoms with van der Waals surface area (Å²) in [7, 11) is 1.68. The molecule has 0 saturated carbocycles. The van der Waals surface area contributed by atoms with Crippen LogP contribution < -0.4 is 10.1 Å². The average Bonchev–Trinajstić information content (AvgIpc) is 2.61. The molecule has 0 aromatic heterocycles. The van der Waals surface area contributed by atoms with Gasteiger partial charge in [0.15, 0.2) is 0 Å². The Balaban J connectivity index is 1.72. The van der Waals surface area contributed by atoms with Gasteiger partial charge in [-0.1, -0.05) is 24.3 Å². The number of methoxy groups -OCH3 is 1. The Morgan fingerprint density at radius 2 is 1.71 bits per heavy atom. The summed E-state index contributed by atoms with van der Waals surface area (Å²) in [6.45, 7) is 3.75. The minimum atomic E-state index is 0.0230. The van der Waals surface area contributed by atoms with E-state index in [0.29, 0.717) is 25.5 Å². The summed E-state index contributed by atoms with van der Waals surface area (Å²) in [5.74, 6) is 1.27. The fourth-order valence-corrected chi connectivity index (χ4v) is 2.85. The molecule has 0 aliphatic heterocycles. The molecule has 1 amide bonds. The summed E-state index contributed by atoms with van der Waals surface area (Å²) in [6.07, 6.45) is 0. The van der Waals surface area contributed by atoms with Crippen molar-refractivity contribution >= 4 is 17.7 Å².